The SMILES string of the molecule is COCCN(CC(=O)N(Cc1ccccc1)Cc1coc2ccc(C)cc2c1=O)C(=O)C(c1ccccc1)c1ccccc1. The molecular weight excluding hydrogens is 552 g/mol. The second-order valence-corrected chi connectivity index (χ2v) is 10.8. The first-order chi connectivity index (χ1) is 21.4. The number of nitrogens with zero attached hydrogens (tertiary/aromatic N) is 2. The molecule has 7 nitrogen and oxygen atoms in total. The predicted octanol–water partition coefficient (Wildman–Crippen LogP) is 5.94. The van der Waals surface area contributed by atoms with Crippen LogP contribution in [0.25, 0.3) is 11.0 Å². The molecule has 0 spiro atoms. The summed E-state index contributed by atoms with van der Waals surface area (Å²) in [6.45, 7) is 2.53. The van der Waals surface area contributed by atoms with Gasteiger partial charge in [-0.25, -0.2) is 0 Å². The second kappa shape index (κ2) is 14.4. The van der Waals surface area contributed by atoms with Crippen LogP contribution in [0.3, 0.4) is 0 Å². The number of ether oxygens (including phenoxy) is 1. The number of benzene rings is 4. The summed E-state index contributed by atoms with van der Waals surface area (Å²) in [6.07, 6.45) is 1.43. The predicted molar refractivity (Wildman–Crippen MR) is 171 cm³/mol. The molecule has 0 aliphatic rings. The van der Waals surface area contributed by atoms with Gasteiger partial charge < -0.3 is 19.0 Å². The van der Waals surface area contributed by atoms with Crippen molar-refractivity contribution in [3.05, 3.63) is 153 Å². The average Bonchev–Trinajstić information content (AvgIpc) is 3.05. The average molecular weight is 589 g/mol. The molecule has 7 heteroatoms. The molecule has 4 aromatic carbocycles. The second-order valence-electron chi connectivity index (χ2n) is 10.8. The van der Waals surface area contributed by atoms with E-state index >= 15 is 0 Å². The highest BCUT2D eigenvalue weighted by Gasteiger charge is 2.30. The molecule has 1 aromatic heterocycles. The van der Waals surface area contributed by atoms with Crippen LogP contribution >= 0.6 is 0 Å². The van der Waals surface area contributed by atoms with Crippen LogP contribution in [0.4, 0.5) is 0 Å². The highest BCUT2D eigenvalue weighted by atomic mass is 16.5. The monoisotopic (exact) mass is 588 g/mol. The van der Waals surface area contributed by atoms with Crippen molar-refractivity contribution >= 4 is 22.8 Å². The van der Waals surface area contributed by atoms with Gasteiger partial charge in [-0.1, -0.05) is 103 Å². The molecule has 0 aliphatic carbocycles. The van der Waals surface area contributed by atoms with Gasteiger partial charge in [-0.05, 0) is 35.7 Å². The Morgan fingerprint density at radius 3 is 2.02 bits per heavy atom. The molecule has 0 saturated heterocycles. The molecule has 0 saturated carbocycles. The minimum absolute atomic E-state index is 0.0348. The van der Waals surface area contributed by atoms with Crippen LogP contribution in [0.2, 0.25) is 0 Å². The van der Waals surface area contributed by atoms with Crippen molar-refractivity contribution in [1.82, 2.24) is 9.80 Å². The Morgan fingerprint density at radius 1 is 0.795 bits per heavy atom. The quantitative estimate of drug-likeness (QED) is 0.180. The van der Waals surface area contributed by atoms with Crippen molar-refractivity contribution in [2.75, 3.05) is 26.8 Å². The van der Waals surface area contributed by atoms with Gasteiger partial charge in [0, 0.05) is 20.2 Å². The Morgan fingerprint density at radius 2 is 1.41 bits per heavy atom. The van der Waals surface area contributed by atoms with E-state index in [4.69, 9.17) is 9.15 Å². The van der Waals surface area contributed by atoms with Crippen molar-refractivity contribution in [3.63, 3.8) is 0 Å². The number of hydrogen-bond acceptors (Lipinski definition) is 5. The van der Waals surface area contributed by atoms with Crippen LogP contribution in [0.5, 0.6) is 0 Å². The molecule has 0 atom stereocenters. The van der Waals surface area contributed by atoms with Crippen LogP contribution in [-0.4, -0.2) is 48.4 Å². The van der Waals surface area contributed by atoms with Gasteiger partial charge in [-0.3, -0.25) is 14.4 Å². The van der Waals surface area contributed by atoms with Crippen LogP contribution in [0.1, 0.15) is 33.7 Å². The van der Waals surface area contributed by atoms with Crippen molar-refractivity contribution < 1.29 is 18.7 Å². The highest BCUT2D eigenvalue weighted by Crippen LogP contribution is 2.27. The van der Waals surface area contributed by atoms with Gasteiger partial charge >= 0.3 is 0 Å². The lowest BCUT2D eigenvalue weighted by Gasteiger charge is -2.30. The number of amides is 2. The van der Waals surface area contributed by atoms with Gasteiger partial charge in [0.25, 0.3) is 0 Å². The molecule has 224 valence electrons. The summed E-state index contributed by atoms with van der Waals surface area (Å²) >= 11 is 0. The fraction of sp³-hybridized carbons (Fsp3) is 0.216. The summed E-state index contributed by atoms with van der Waals surface area (Å²) < 4.78 is 11.1. The van der Waals surface area contributed by atoms with Gasteiger partial charge in [0.05, 0.1) is 42.8 Å². The fourth-order valence-corrected chi connectivity index (χ4v) is 5.32. The van der Waals surface area contributed by atoms with E-state index in [0.29, 0.717) is 16.5 Å². The van der Waals surface area contributed by atoms with E-state index in [2.05, 4.69) is 0 Å². The zero-order valence-electron chi connectivity index (χ0n) is 25.0. The minimum Gasteiger partial charge on any atom is -0.464 e. The number of carbonyl (C=O) groups excluding carboxylic acids is 2. The Bertz CT molecular complexity index is 1710. The van der Waals surface area contributed by atoms with E-state index in [9.17, 15) is 14.4 Å². The lowest BCUT2D eigenvalue weighted by molar-refractivity contribution is -0.142. The zero-order valence-corrected chi connectivity index (χ0v) is 25.0. The molecule has 0 radical (unpaired) electrons. The van der Waals surface area contributed by atoms with Gasteiger partial charge in [-0.15, -0.1) is 0 Å². The summed E-state index contributed by atoms with van der Waals surface area (Å²) in [7, 11) is 1.57. The number of methoxy groups -OCH3 is 1. The summed E-state index contributed by atoms with van der Waals surface area (Å²) in [4.78, 5) is 45.1. The summed E-state index contributed by atoms with van der Waals surface area (Å²) in [6, 6.07) is 34.2. The van der Waals surface area contributed by atoms with Crippen LogP contribution in [0, 0.1) is 6.92 Å². The van der Waals surface area contributed by atoms with Crippen molar-refractivity contribution in [3.8, 4) is 0 Å². The van der Waals surface area contributed by atoms with Crippen molar-refractivity contribution in [2.24, 2.45) is 0 Å². The van der Waals surface area contributed by atoms with E-state index in [-0.39, 0.29) is 50.0 Å². The first-order valence-corrected chi connectivity index (χ1v) is 14.6. The van der Waals surface area contributed by atoms with E-state index in [1.807, 2.05) is 104 Å². The van der Waals surface area contributed by atoms with Gasteiger partial charge in [0.15, 0.2) is 5.43 Å². The van der Waals surface area contributed by atoms with Crippen LogP contribution < -0.4 is 5.43 Å². The van der Waals surface area contributed by atoms with E-state index < -0.39 is 5.92 Å². The minimum atomic E-state index is -0.597. The molecule has 1 heterocycles. The Balaban J connectivity index is 1.47. The van der Waals surface area contributed by atoms with Crippen molar-refractivity contribution in [1.29, 1.82) is 0 Å². The highest BCUT2D eigenvalue weighted by molar-refractivity contribution is 5.91. The first kappa shape index (κ1) is 30.4. The standard InChI is InChI=1S/C37H36N2O5/c1-27-18-19-33-32(22-27)36(41)31(26-44-33)24-39(23-28-12-6-3-7-13-28)34(40)25-38(20-21-43-2)37(42)35(29-14-8-4-9-15-29)30-16-10-5-11-17-30/h3-19,22,26,35H,20-21,23-25H2,1-2H3. The fourth-order valence-electron chi connectivity index (χ4n) is 5.32. The lowest BCUT2D eigenvalue weighted by Crippen LogP contribution is -2.45. The van der Waals surface area contributed by atoms with E-state index in [1.165, 1.54) is 6.26 Å². The lowest BCUT2D eigenvalue weighted by atomic mass is 9.90. The molecule has 2 amide bonds. The number of aryl methyl sites for hydroxylation is 1. The summed E-state index contributed by atoms with van der Waals surface area (Å²) in [5, 5.41) is 0.472. The van der Waals surface area contributed by atoms with E-state index in [0.717, 1.165) is 22.3 Å². The molecule has 0 bridgehead atoms. The van der Waals surface area contributed by atoms with Crippen molar-refractivity contribution in [2.45, 2.75) is 25.9 Å². The number of hydrogen-bond donors (Lipinski definition) is 0. The maximum atomic E-state index is 14.3. The number of rotatable bonds is 12. The molecule has 0 aliphatic heterocycles. The Labute approximate surface area is 257 Å². The van der Waals surface area contributed by atoms with Gasteiger partial charge in [0.2, 0.25) is 11.8 Å². The largest absolute Gasteiger partial charge is 0.464 e. The first-order valence-electron chi connectivity index (χ1n) is 14.6. The smallest absolute Gasteiger partial charge is 0.242 e. The maximum absolute atomic E-state index is 14.3. The van der Waals surface area contributed by atoms with Crippen LogP contribution in [0.15, 0.2) is 125 Å². The van der Waals surface area contributed by atoms with Crippen LogP contribution in [-0.2, 0) is 27.4 Å². The maximum Gasteiger partial charge on any atom is 0.242 e. The molecule has 44 heavy (non-hydrogen) atoms. The number of carbonyl (C=O) groups is 2. The molecule has 5 rings (SSSR count). The molecule has 5 aromatic rings. The number of fused-ring (bicyclic) bond motifs is 1. The molecular formula is C37H36N2O5. The normalized spacial score (nSPS) is 11.1. The Kier molecular flexibility index (Phi) is 10.00. The molecule has 0 unspecified atom stereocenters. The third-order valence-corrected chi connectivity index (χ3v) is 7.65. The van der Waals surface area contributed by atoms with Gasteiger partial charge in [-0.2, -0.15) is 0 Å². The third-order valence-electron chi connectivity index (χ3n) is 7.65. The Hall–Kier alpha value is -5.01. The molecule has 0 N–H and O–H groups in total. The topological polar surface area (TPSA) is 80.1 Å². The third kappa shape index (κ3) is 7.30. The molecule has 0 fully saturated rings. The summed E-state index contributed by atoms with van der Waals surface area (Å²) in [5.74, 6) is -1.09. The van der Waals surface area contributed by atoms with Gasteiger partial charge in [0.1, 0.15) is 5.58 Å². The van der Waals surface area contributed by atoms with E-state index in [1.54, 1.807) is 29.0 Å². The zero-order chi connectivity index (χ0) is 30.9. The summed E-state index contributed by atoms with van der Waals surface area (Å²) in [5.41, 5.74) is 4.21.